The third-order valence-corrected chi connectivity index (χ3v) is 5.89. The summed E-state index contributed by atoms with van der Waals surface area (Å²) in [5, 5.41) is 15.1. The summed E-state index contributed by atoms with van der Waals surface area (Å²) in [4.78, 5) is 14.5. The summed E-state index contributed by atoms with van der Waals surface area (Å²) < 4.78 is 43.3. The Morgan fingerprint density at radius 1 is 1.03 bits per heavy atom. The molecule has 3 aromatic rings. The van der Waals surface area contributed by atoms with Gasteiger partial charge in [0.15, 0.2) is 11.6 Å². The maximum atomic E-state index is 14.6. The molecule has 0 aliphatic carbocycles. The number of amides is 1. The van der Waals surface area contributed by atoms with Crippen molar-refractivity contribution in [1.29, 1.82) is 0 Å². The molecule has 0 aromatic heterocycles. The maximum absolute atomic E-state index is 14.6. The van der Waals surface area contributed by atoms with Gasteiger partial charge in [0.25, 0.3) is 5.91 Å². The Morgan fingerprint density at radius 2 is 1.75 bits per heavy atom. The lowest BCUT2D eigenvalue weighted by atomic mass is 9.98. The van der Waals surface area contributed by atoms with E-state index in [1.54, 1.807) is 30.3 Å². The molecule has 0 bridgehead atoms. The van der Waals surface area contributed by atoms with E-state index < -0.39 is 23.4 Å². The summed E-state index contributed by atoms with van der Waals surface area (Å²) in [6, 6.07) is 13.0. The fourth-order valence-corrected chi connectivity index (χ4v) is 3.91. The Hall–Kier alpha value is -2.95. The van der Waals surface area contributed by atoms with Crippen LogP contribution in [0.3, 0.4) is 0 Å². The molecule has 3 N–H and O–H groups in total. The van der Waals surface area contributed by atoms with Gasteiger partial charge in [0.2, 0.25) is 0 Å². The predicted octanol–water partition coefficient (Wildman–Crippen LogP) is 5.34. The highest BCUT2D eigenvalue weighted by Crippen LogP contribution is 2.31. The first-order chi connectivity index (χ1) is 15.3. The number of anilines is 3. The van der Waals surface area contributed by atoms with Gasteiger partial charge < -0.3 is 20.6 Å². The van der Waals surface area contributed by atoms with E-state index in [9.17, 15) is 23.1 Å². The summed E-state index contributed by atoms with van der Waals surface area (Å²) in [5.74, 6) is -3.10. The van der Waals surface area contributed by atoms with Gasteiger partial charge in [-0.25, -0.2) is 13.2 Å². The van der Waals surface area contributed by atoms with Crippen LogP contribution in [0.15, 0.2) is 54.6 Å². The Balaban J connectivity index is 1.45. The van der Waals surface area contributed by atoms with Crippen LogP contribution in [0.1, 0.15) is 10.4 Å². The van der Waals surface area contributed by atoms with Crippen molar-refractivity contribution in [2.45, 2.75) is 0 Å². The van der Waals surface area contributed by atoms with Crippen molar-refractivity contribution >= 4 is 45.6 Å². The SMILES string of the molecule is O=C(c1ccc(F)c(F)c1Nc1ccc(I)cc1F)N1CC(CNc2ccc(O)cc2)C1. The van der Waals surface area contributed by atoms with Gasteiger partial charge in [0.05, 0.1) is 16.9 Å². The van der Waals surface area contributed by atoms with Gasteiger partial charge in [-0.3, -0.25) is 4.79 Å². The van der Waals surface area contributed by atoms with Crippen LogP contribution in [0.2, 0.25) is 0 Å². The molecule has 4 rings (SSSR count). The number of phenolic OH excluding ortho intramolecular Hbond substituents is 1. The van der Waals surface area contributed by atoms with Crippen LogP contribution in [-0.4, -0.2) is 35.5 Å². The number of phenols is 1. The van der Waals surface area contributed by atoms with Gasteiger partial charge in [0, 0.05) is 34.8 Å². The number of hydrogen-bond acceptors (Lipinski definition) is 4. The Labute approximate surface area is 196 Å². The average Bonchev–Trinajstić information content (AvgIpc) is 2.73. The summed E-state index contributed by atoms with van der Waals surface area (Å²) in [6.07, 6.45) is 0. The molecule has 5 nitrogen and oxygen atoms in total. The number of carbonyl (C=O) groups excluding carboxylic acids is 1. The average molecular weight is 553 g/mol. The van der Waals surface area contributed by atoms with E-state index >= 15 is 0 Å². The molecule has 0 radical (unpaired) electrons. The van der Waals surface area contributed by atoms with Crippen LogP contribution in [-0.2, 0) is 0 Å². The smallest absolute Gasteiger partial charge is 0.256 e. The summed E-state index contributed by atoms with van der Waals surface area (Å²) >= 11 is 1.94. The van der Waals surface area contributed by atoms with E-state index in [1.807, 2.05) is 22.6 Å². The largest absolute Gasteiger partial charge is 0.508 e. The highest BCUT2D eigenvalue weighted by molar-refractivity contribution is 14.1. The van der Waals surface area contributed by atoms with Crippen molar-refractivity contribution in [2.24, 2.45) is 5.92 Å². The molecule has 32 heavy (non-hydrogen) atoms. The molecular weight excluding hydrogens is 534 g/mol. The molecule has 0 spiro atoms. The van der Waals surface area contributed by atoms with Gasteiger partial charge in [-0.15, -0.1) is 0 Å². The van der Waals surface area contributed by atoms with E-state index in [0.717, 1.165) is 11.8 Å². The third kappa shape index (κ3) is 4.77. The molecule has 1 aliphatic heterocycles. The zero-order chi connectivity index (χ0) is 22.8. The van der Waals surface area contributed by atoms with Crippen molar-refractivity contribution in [3.8, 4) is 5.75 Å². The third-order valence-electron chi connectivity index (χ3n) is 5.22. The molecule has 0 unspecified atom stereocenters. The Kier molecular flexibility index (Phi) is 6.45. The number of hydrogen-bond donors (Lipinski definition) is 3. The standard InChI is InChI=1S/C23H19F3IN3O2/c24-18-7-6-17(22(21(18)26)29-20-8-1-14(27)9-19(20)25)23(32)30-11-13(12-30)10-28-15-2-4-16(31)5-3-15/h1-9,13,28-29,31H,10-12H2. The van der Waals surface area contributed by atoms with E-state index in [1.165, 1.54) is 23.1 Å². The second-order valence-corrected chi connectivity index (χ2v) is 8.78. The topological polar surface area (TPSA) is 64.6 Å². The summed E-state index contributed by atoms with van der Waals surface area (Å²) in [5.41, 5.74) is 0.343. The molecule has 3 aromatic carbocycles. The zero-order valence-corrected chi connectivity index (χ0v) is 18.9. The first kappa shape index (κ1) is 22.3. The lowest BCUT2D eigenvalue weighted by molar-refractivity contribution is 0.0522. The molecular formula is C23H19F3IN3O2. The highest BCUT2D eigenvalue weighted by Gasteiger charge is 2.33. The van der Waals surface area contributed by atoms with Gasteiger partial charge in [0.1, 0.15) is 11.6 Å². The number of carbonyl (C=O) groups is 1. The van der Waals surface area contributed by atoms with Crippen molar-refractivity contribution in [3.05, 3.63) is 81.2 Å². The molecule has 9 heteroatoms. The fourth-order valence-electron chi connectivity index (χ4n) is 3.45. The Bertz CT molecular complexity index is 1150. The van der Waals surface area contributed by atoms with E-state index in [-0.39, 0.29) is 28.6 Å². The fraction of sp³-hybridized carbons (Fsp3) is 0.174. The van der Waals surface area contributed by atoms with Crippen molar-refractivity contribution in [1.82, 2.24) is 4.90 Å². The lowest BCUT2D eigenvalue weighted by Gasteiger charge is -2.39. The van der Waals surface area contributed by atoms with Gasteiger partial charge >= 0.3 is 0 Å². The second-order valence-electron chi connectivity index (χ2n) is 7.54. The van der Waals surface area contributed by atoms with Crippen molar-refractivity contribution in [2.75, 3.05) is 30.3 Å². The normalized spacial score (nSPS) is 13.6. The minimum absolute atomic E-state index is 0.0523. The molecule has 1 saturated heterocycles. The van der Waals surface area contributed by atoms with Crippen LogP contribution in [0.5, 0.6) is 5.75 Å². The zero-order valence-electron chi connectivity index (χ0n) is 16.7. The summed E-state index contributed by atoms with van der Waals surface area (Å²) in [7, 11) is 0. The molecule has 1 fully saturated rings. The van der Waals surface area contributed by atoms with Crippen LogP contribution < -0.4 is 10.6 Å². The minimum Gasteiger partial charge on any atom is -0.508 e. The number of nitrogens with zero attached hydrogens (tertiary/aromatic N) is 1. The van der Waals surface area contributed by atoms with Crippen LogP contribution in [0, 0.1) is 26.9 Å². The number of benzene rings is 3. The molecule has 1 heterocycles. The number of likely N-dealkylation sites (tertiary alicyclic amines) is 1. The number of aromatic hydroxyl groups is 1. The first-order valence-electron chi connectivity index (χ1n) is 9.84. The van der Waals surface area contributed by atoms with Gasteiger partial charge in [-0.2, -0.15) is 0 Å². The van der Waals surface area contributed by atoms with Crippen LogP contribution in [0.4, 0.5) is 30.2 Å². The second kappa shape index (κ2) is 9.27. The molecule has 0 atom stereocenters. The lowest BCUT2D eigenvalue weighted by Crippen LogP contribution is -2.52. The Morgan fingerprint density at radius 3 is 2.44 bits per heavy atom. The monoisotopic (exact) mass is 553 g/mol. The molecule has 1 amide bonds. The number of rotatable bonds is 6. The maximum Gasteiger partial charge on any atom is 0.256 e. The molecule has 166 valence electrons. The summed E-state index contributed by atoms with van der Waals surface area (Å²) in [6.45, 7) is 1.51. The molecule has 1 aliphatic rings. The number of halogens is 4. The first-order valence-corrected chi connectivity index (χ1v) is 10.9. The minimum atomic E-state index is -1.24. The van der Waals surface area contributed by atoms with Gasteiger partial charge in [-0.05, 0) is 77.2 Å². The van der Waals surface area contributed by atoms with Crippen molar-refractivity contribution in [3.63, 3.8) is 0 Å². The van der Waals surface area contributed by atoms with E-state index in [2.05, 4.69) is 10.6 Å². The van der Waals surface area contributed by atoms with Gasteiger partial charge in [-0.1, -0.05) is 0 Å². The highest BCUT2D eigenvalue weighted by atomic mass is 127. The van der Waals surface area contributed by atoms with Crippen molar-refractivity contribution < 1.29 is 23.1 Å². The predicted molar refractivity (Wildman–Crippen MR) is 125 cm³/mol. The van der Waals surface area contributed by atoms with Crippen LogP contribution in [0.25, 0.3) is 0 Å². The van der Waals surface area contributed by atoms with E-state index in [0.29, 0.717) is 23.2 Å². The van der Waals surface area contributed by atoms with E-state index in [4.69, 9.17) is 0 Å². The molecule has 0 saturated carbocycles. The van der Waals surface area contributed by atoms with Crippen LogP contribution >= 0.6 is 22.6 Å². The quantitative estimate of drug-likeness (QED) is 0.285. The number of nitrogens with one attached hydrogen (secondary N) is 2.